The molecular weight excluding hydrogens is 274 g/mol. The number of aliphatic carboxylic acids is 1. The van der Waals surface area contributed by atoms with E-state index in [9.17, 15) is 9.59 Å². The Morgan fingerprint density at radius 1 is 1.30 bits per heavy atom. The maximum absolute atomic E-state index is 12.7. The number of hydrogen-bond acceptors (Lipinski definition) is 3. The predicted molar refractivity (Wildman–Crippen MR) is 76.8 cm³/mol. The van der Waals surface area contributed by atoms with Gasteiger partial charge in [0.2, 0.25) is 5.91 Å². The number of rotatable bonds is 2. The van der Waals surface area contributed by atoms with Crippen molar-refractivity contribution in [2.24, 2.45) is 5.92 Å². The number of carbonyl (C=O) groups is 2. The van der Waals surface area contributed by atoms with Crippen molar-refractivity contribution in [3.63, 3.8) is 0 Å². The predicted octanol–water partition coefficient (Wildman–Crippen LogP) is 2.20. The molecule has 0 aliphatic carbocycles. The summed E-state index contributed by atoms with van der Waals surface area (Å²) in [5, 5.41) is 9.12. The van der Waals surface area contributed by atoms with Crippen LogP contribution in [0.25, 0.3) is 0 Å². The average molecular weight is 291 g/mol. The molecule has 2 atom stereocenters. The molecule has 20 heavy (non-hydrogen) atoms. The second kappa shape index (κ2) is 5.48. The van der Waals surface area contributed by atoms with Crippen LogP contribution in [0.5, 0.6) is 0 Å². The van der Waals surface area contributed by atoms with Gasteiger partial charge in [0, 0.05) is 23.7 Å². The number of fused-ring (bicyclic) bond motifs is 1. The quantitative estimate of drug-likeness (QED) is 0.907. The molecule has 0 aromatic heterocycles. The van der Waals surface area contributed by atoms with E-state index in [1.54, 1.807) is 16.7 Å². The summed E-state index contributed by atoms with van der Waals surface area (Å²) >= 11 is 1.71. The van der Waals surface area contributed by atoms with Gasteiger partial charge in [-0.3, -0.25) is 9.59 Å². The lowest BCUT2D eigenvalue weighted by Gasteiger charge is -2.32. The fourth-order valence-electron chi connectivity index (χ4n) is 2.97. The Kier molecular flexibility index (Phi) is 3.70. The van der Waals surface area contributed by atoms with Crippen LogP contribution in [-0.2, 0) is 9.59 Å². The molecule has 106 valence electrons. The standard InChI is InChI=1S/C15H17NO3S/c17-14(16-7-3-4-10(8-16)15(18)19)12-9-20-13-6-2-1-5-11(12)13/h1-2,5-6,10,12H,3-4,7-9H2,(H,18,19)/t10-,12?/m0/s1. The molecule has 5 heteroatoms. The maximum atomic E-state index is 12.7. The van der Waals surface area contributed by atoms with Crippen molar-refractivity contribution >= 4 is 23.6 Å². The molecule has 0 spiro atoms. The van der Waals surface area contributed by atoms with Gasteiger partial charge in [0.05, 0.1) is 11.8 Å². The first-order chi connectivity index (χ1) is 9.66. The van der Waals surface area contributed by atoms with Gasteiger partial charge in [0.15, 0.2) is 0 Å². The molecule has 1 aromatic rings. The average Bonchev–Trinajstić information content (AvgIpc) is 2.90. The summed E-state index contributed by atoms with van der Waals surface area (Å²) in [6.45, 7) is 1.05. The van der Waals surface area contributed by atoms with Crippen LogP contribution in [0.3, 0.4) is 0 Å². The van der Waals surface area contributed by atoms with Crippen molar-refractivity contribution in [2.45, 2.75) is 23.7 Å². The fourth-order valence-corrected chi connectivity index (χ4v) is 4.19. The molecule has 3 rings (SSSR count). The van der Waals surface area contributed by atoms with Crippen molar-refractivity contribution < 1.29 is 14.7 Å². The van der Waals surface area contributed by atoms with E-state index in [2.05, 4.69) is 0 Å². The number of likely N-dealkylation sites (tertiary alicyclic amines) is 1. The summed E-state index contributed by atoms with van der Waals surface area (Å²) in [5.74, 6) is -0.440. The highest BCUT2D eigenvalue weighted by Gasteiger charge is 2.35. The first-order valence-corrected chi connectivity index (χ1v) is 7.88. The van der Waals surface area contributed by atoms with Crippen LogP contribution in [0, 0.1) is 5.92 Å². The number of piperidine rings is 1. The second-order valence-electron chi connectivity index (χ2n) is 5.36. The highest BCUT2D eigenvalue weighted by atomic mass is 32.2. The largest absolute Gasteiger partial charge is 0.481 e. The summed E-state index contributed by atoms with van der Waals surface area (Å²) in [6, 6.07) is 8.00. The van der Waals surface area contributed by atoms with E-state index in [0.29, 0.717) is 19.5 Å². The monoisotopic (exact) mass is 291 g/mol. The molecule has 2 heterocycles. The van der Waals surface area contributed by atoms with Crippen LogP contribution in [0.15, 0.2) is 29.2 Å². The topological polar surface area (TPSA) is 57.6 Å². The lowest BCUT2D eigenvalue weighted by atomic mass is 9.94. The summed E-state index contributed by atoms with van der Waals surface area (Å²) in [6.07, 6.45) is 1.46. The summed E-state index contributed by atoms with van der Waals surface area (Å²) in [4.78, 5) is 26.7. The zero-order valence-corrected chi connectivity index (χ0v) is 11.9. The molecule has 4 nitrogen and oxygen atoms in total. The van der Waals surface area contributed by atoms with Gasteiger partial charge in [-0.25, -0.2) is 0 Å². The molecule has 1 saturated heterocycles. The van der Waals surface area contributed by atoms with Crippen LogP contribution in [0.2, 0.25) is 0 Å². The number of carbonyl (C=O) groups excluding carboxylic acids is 1. The van der Waals surface area contributed by atoms with Crippen LogP contribution >= 0.6 is 11.8 Å². The fraction of sp³-hybridized carbons (Fsp3) is 0.467. The van der Waals surface area contributed by atoms with Gasteiger partial charge in [0.25, 0.3) is 0 Å². The normalized spacial score (nSPS) is 25.3. The molecule has 0 bridgehead atoms. The smallest absolute Gasteiger partial charge is 0.308 e. The number of thioether (sulfide) groups is 1. The molecule has 2 aliphatic rings. The van der Waals surface area contributed by atoms with E-state index in [0.717, 1.165) is 17.7 Å². The third-order valence-electron chi connectivity index (χ3n) is 4.08. The molecule has 1 amide bonds. The number of amides is 1. The first-order valence-electron chi connectivity index (χ1n) is 6.90. The second-order valence-corrected chi connectivity index (χ2v) is 6.42. The molecule has 2 aliphatic heterocycles. The number of nitrogens with zero attached hydrogens (tertiary/aromatic N) is 1. The van der Waals surface area contributed by atoms with Crippen molar-refractivity contribution in [3.05, 3.63) is 29.8 Å². The van der Waals surface area contributed by atoms with E-state index >= 15 is 0 Å². The molecule has 1 unspecified atom stereocenters. The van der Waals surface area contributed by atoms with E-state index in [1.807, 2.05) is 24.3 Å². The van der Waals surface area contributed by atoms with Crippen LogP contribution in [0.4, 0.5) is 0 Å². The van der Waals surface area contributed by atoms with Gasteiger partial charge < -0.3 is 10.0 Å². The van der Waals surface area contributed by atoms with Crippen molar-refractivity contribution in [1.29, 1.82) is 0 Å². The van der Waals surface area contributed by atoms with E-state index < -0.39 is 11.9 Å². The number of carboxylic acid groups (broad SMARTS) is 1. The van der Waals surface area contributed by atoms with Crippen LogP contribution < -0.4 is 0 Å². The molecule has 0 radical (unpaired) electrons. The Hall–Kier alpha value is -1.49. The molecule has 0 saturated carbocycles. The van der Waals surface area contributed by atoms with Crippen LogP contribution in [0.1, 0.15) is 24.3 Å². The Bertz CT molecular complexity index is 546. The van der Waals surface area contributed by atoms with Crippen molar-refractivity contribution in [2.75, 3.05) is 18.8 Å². The lowest BCUT2D eigenvalue weighted by Crippen LogP contribution is -2.44. The maximum Gasteiger partial charge on any atom is 0.308 e. The van der Waals surface area contributed by atoms with E-state index in [-0.39, 0.29) is 11.8 Å². The summed E-state index contributed by atoms with van der Waals surface area (Å²) in [7, 11) is 0. The highest BCUT2D eigenvalue weighted by Crippen LogP contribution is 2.40. The third kappa shape index (κ3) is 2.42. The Labute approximate surface area is 122 Å². The first kappa shape index (κ1) is 13.5. The number of carboxylic acids is 1. The Morgan fingerprint density at radius 3 is 2.90 bits per heavy atom. The summed E-state index contributed by atoms with van der Waals surface area (Å²) in [5.41, 5.74) is 1.10. The minimum atomic E-state index is -0.788. The van der Waals surface area contributed by atoms with Crippen molar-refractivity contribution in [3.8, 4) is 0 Å². The lowest BCUT2D eigenvalue weighted by molar-refractivity contribution is -0.145. The Balaban J connectivity index is 1.75. The van der Waals surface area contributed by atoms with Crippen LogP contribution in [-0.4, -0.2) is 40.7 Å². The van der Waals surface area contributed by atoms with Gasteiger partial charge in [-0.1, -0.05) is 18.2 Å². The number of benzene rings is 1. The number of hydrogen-bond donors (Lipinski definition) is 1. The van der Waals surface area contributed by atoms with Gasteiger partial charge in [0.1, 0.15) is 0 Å². The molecule has 1 aromatic carbocycles. The molecule has 1 fully saturated rings. The minimum Gasteiger partial charge on any atom is -0.481 e. The third-order valence-corrected chi connectivity index (χ3v) is 5.26. The zero-order chi connectivity index (χ0) is 14.1. The highest BCUT2D eigenvalue weighted by molar-refractivity contribution is 7.99. The SMILES string of the molecule is O=C(O)[C@H]1CCCN(C(=O)C2CSc3ccccc32)C1. The van der Waals surface area contributed by atoms with Gasteiger partial charge in [-0.2, -0.15) is 0 Å². The molecular formula is C15H17NO3S. The Morgan fingerprint density at radius 2 is 2.10 bits per heavy atom. The van der Waals surface area contributed by atoms with Crippen molar-refractivity contribution in [1.82, 2.24) is 4.90 Å². The zero-order valence-electron chi connectivity index (χ0n) is 11.1. The minimum absolute atomic E-state index is 0.0911. The van der Waals surface area contributed by atoms with E-state index in [1.165, 1.54) is 4.90 Å². The van der Waals surface area contributed by atoms with Gasteiger partial charge in [-0.05, 0) is 24.5 Å². The van der Waals surface area contributed by atoms with Gasteiger partial charge >= 0.3 is 5.97 Å². The summed E-state index contributed by atoms with van der Waals surface area (Å²) < 4.78 is 0. The van der Waals surface area contributed by atoms with Gasteiger partial charge in [-0.15, -0.1) is 11.8 Å². The van der Waals surface area contributed by atoms with E-state index in [4.69, 9.17) is 5.11 Å². The molecule has 1 N–H and O–H groups in total.